The molecule has 31 heavy (non-hydrogen) atoms. The predicted molar refractivity (Wildman–Crippen MR) is 96.8 cm³/mol. The number of hydrazine groups is 2. The molecule has 7 nitrogen and oxygen atoms in total. The minimum atomic E-state index is -4.96. The summed E-state index contributed by atoms with van der Waals surface area (Å²) in [5.41, 5.74) is 1.99. The zero-order valence-corrected chi connectivity index (χ0v) is 15.9. The van der Waals surface area contributed by atoms with Crippen LogP contribution in [-0.4, -0.2) is 46.6 Å². The average Bonchev–Trinajstić information content (AvgIpc) is 3.16. The number of aliphatic hydroxyl groups excluding tert-OH is 1. The molecule has 0 bridgehead atoms. The maximum absolute atomic E-state index is 13.0. The number of hydrogen-bond donors (Lipinski definition) is 3. The molecule has 3 rings (SSSR count). The summed E-state index contributed by atoms with van der Waals surface area (Å²) in [7, 11) is 0. The summed E-state index contributed by atoms with van der Waals surface area (Å²) in [6.45, 7) is 0.951. The van der Waals surface area contributed by atoms with E-state index >= 15 is 0 Å². The molecule has 0 aliphatic carbocycles. The van der Waals surface area contributed by atoms with E-state index in [1.165, 1.54) is 6.20 Å². The number of alkyl halides is 6. The summed E-state index contributed by atoms with van der Waals surface area (Å²) >= 11 is 0. The molecule has 1 saturated heterocycles. The lowest BCUT2D eigenvalue weighted by atomic mass is 10.0. The van der Waals surface area contributed by atoms with Crippen molar-refractivity contribution in [1.29, 1.82) is 0 Å². The normalized spacial score (nSPS) is 21.3. The quantitative estimate of drug-likeness (QED) is 0.485. The highest BCUT2D eigenvalue weighted by Gasteiger charge is 2.38. The molecule has 3 N–H and O–H groups in total. The molecule has 13 heteroatoms. The van der Waals surface area contributed by atoms with E-state index < -0.39 is 41.7 Å². The van der Waals surface area contributed by atoms with Crippen LogP contribution in [0.4, 0.5) is 26.3 Å². The van der Waals surface area contributed by atoms with E-state index in [-0.39, 0.29) is 11.6 Å². The van der Waals surface area contributed by atoms with Gasteiger partial charge in [-0.05, 0) is 36.6 Å². The van der Waals surface area contributed by atoms with Crippen molar-refractivity contribution in [1.82, 2.24) is 20.9 Å². The van der Waals surface area contributed by atoms with Gasteiger partial charge in [0, 0.05) is 25.4 Å². The lowest BCUT2D eigenvalue weighted by molar-refractivity contribution is -0.143. The number of rotatable bonds is 4. The van der Waals surface area contributed by atoms with Crippen molar-refractivity contribution < 1.29 is 36.2 Å². The number of aliphatic hydroxyl groups is 1. The van der Waals surface area contributed by atoms with E-state index in [0.29, 0.717) is 38.1 Å². The molecule has 1 unspecified atom stereocenters. The summed E-state index contributed by atoms with van der Waals surface area (Å²) in [5, 5.41) is 12.2. The van der Waals surface area contributed by atoms with Crippen molar-refractivity contribution in [3.8, 4) is 0 Å². The fraction of sp³-hybridized carbons (Fsp3) is 0.444. The van der Waals surface area contributed by atoms with Gasteiger partial charge >= 0.3 is 12.4 Å². The second-order valence-corrected chi connectivity index (χ2v) is 7.05. The average molecular weight is 451 g/mol. The van der Waals surface area contributed by atoms with Gasteiger partial charge < -0.3 is 5.11 Å². The van der Waals surface area contributed by atoms with Crippen LogP contribution in [0.1, 0.15) is 35.7 Å². The van der Waals surface area contributed by atoms with Crippen LogP contribution in [-0.2, 0) is 17.1 Å². The van der Waals surface area contributed by atoms with Crippen LogP contribution in [0.15, 0.2) is 35.5 Å². The highest BCUT2D eigenvalue weighted by atomic mass is 19.4. The van der Waals surface area contributed by atoms with E-state index in [0.717, 1.165) is 17.4 Å². The smallest absolute Gasteiger partial charge is 0.393 e. The molecule has 0 saturated carbocycles. The highest BCUT2D eigenvalue weighted by molar-refractivity contribution is 5.87. The van der Waals surface area contributed by atoms with E-state index in [2.05, 4.69) is 15.8 Å². The van der Waals surface area contributed by atoms with Crippen molar-refractivity contribution in [2.24, 2.45) is 4.99 Å². The Bertz CT molecular complexity index is 830. The Morgan fingerprint density at radius 1 is 1.10 bits per heavy atom. The molecular weight excluding hydrogens is 432 g/mol. The zero-order chi connectivity index (χ0) is 22.8. The first-order valence-corrected chi connectivity index (χ1v) is 9.21. The number of nitrogens with one attached hydrogen (secondary N) is 2. The summed E-state index contributed by atoms with van der Waals surface area (Å²) < 4.78 is 78.1. The SMILES string of the molecule is O=C(/C=C\N1C=NC(c2cc(C(F)(F)F)cc(C(F)(F)F)c2)N1)NN1CCC(O)CC1. The largest absolute Gasteiger partial charge is 0.416 e. The van der Waals surface area contributed by atoms with Gasteiger partial charge in [-0.25, -0.2) is 15.4 Å². The number of carbonyl (C=O) groups excluding carboxylic acids is 1. The van der Waals surface area contributed by atoms with Crippen molar-refractivity contribution >= 4 is 12.2 Å². The third kappa shape index (κ3) is 6.18. The first kappa shape index (κ1) is 23.0. The minimum Gasteiger partial charge on any atom is -0.393 e. The summed E-state index contributed by atoms with van der Waals surface area (Å²) in [5.74, 6) is -0.492. The molecule has 0 spiro atoms. The summed E-state index contributed by atoms with van der Waals surface area (Å²) in [6.07, 6.45) is -6.99. The second-order valence-electron chi connectivity index (χ2n) is 7.05. The molecule has 1 fully saturated rings. The predicted octanol–water partition coefficient (Wildman–Crippen LogP) is 2.57. The number of carbonyl (C=O) groups is 1. The van der Waals surface area contributed by atoms with Gasteiger partial charge in [0.15, 0.2) is 0 Å². The number of nitrogens with zero attached hydrogens (tertiary/aromatic N) is 3. The van der Waals surface area contributed by atoms with Crippen LogP contribution in [0.25, 0.3) is 0 Å². The monoisotopic (exact) mass is 451 g/mol. The molecule has 1 aromatic rings. The second kappa shape index (κ2) is 8.85. The molecule has 0 aromatic heterocycles. The van der Waals surface area contributed by atoms with E-state index in [1.807, 2.05) is 0 Å². The molecule has 2 aliphatic heterocycles. The number of benzene rings is 1. The van der Waals surface area contributed by atoms with Gasteiger partial charge in [-0.1, -0.05) is 0 Å². The van der Waals surface area contributed by atoms with Crippen molar-refractivity contribution in [3.63, 3.8) is 0 Å². The molecule has 1 amide bonds. The molecule has 1 aromatic carbocycles. The third-order valence-electron chi connectivity index (χ3n) is 4.66. The molecular formula is C18H19F6N5O2. The molecule has 0 radical (unpaired) electrons. The topological polar surface area (TPSA) is 80.2 Å². The van der Waals surface area contributed by atoms with Gasteiger partial charge in [0.1, 0.15) is 12.5 Å². The minimum absolute atomic E-state index is 0.0454. The number of piperidine rings is 1. The third-order valence-corrected chi connectivity index (χ3v) is 4.66. The molecule has 1 atom stereocenters. The summed E-state index contributed by atoms with van der Waals surface area (Å²) in [4.78, 5) is 15.8. The maximum Gasteiger partial charge on any atom is 0.416 e. The summed E-state index contributed by atoms with van der Waals surface area (Å²) in [6, 6.07) is 1.23. The van der Waals surface area contributed by atoms with Crippen LogP contribution < -0.4 is 10.9 Å². The molecule has 2 heterocycles. The fourth-order valence-electron chi connectivity index (χ4n) is 3.04. The van der Waals surface area contributed by atoms with Crippen LogP contribution in [0.2, 0.25) is 0 Å². The van der Waals surface area contributed by atoms with Gasteiger partial charge in [0.05, 0.1) is 17.2 Å². The Hall–Kier alpha value is -2.64. The van der Waals surface area contributed by atoms with E-state index in [4.69, 9.17) is 0 Å². The van der Waals surface area contributed by atoms with Crippen molar-refractivity contribution in [3.05, 3.63) is 47.2 Å². The van der Waals surface area contributed by atoms with Crippen LogP contribution in [0.3, 0.4) is 0 Å². The van der Waals surface area contributed by atoms with Gasteiger partial charge in [0.25, 0.3) is 5.91 Å². The van der Waals surface area contributed by atoms with Crippen LogP contribution in [0.5, 0.6) is 0 Å². The number of halogens is 6. The van der Waals surface area contributed by atoms with E-state index in [9.17, 15) is 36.2 Å². The number of aliphatic imine (C=N–C) groups is 1. The highest BCUT2D eigenvalue weighted by Crippen LogP contribution is 2.37. The zero-order valence-electron chi connectivity index (χ0n) is 15.9. The van der Waals surface area contributed by atoms with E-state index in [1.54, 1.807) is 5.01 Å². The number of amides is 1. The van der Waals surface area contributed by atoms with Gasteiger partial charge in [-0.3, -0.25) is 15.2 Å². The van der Waals surface area contributed by atoms with Gasteiger partial charge in [-0.2, -0.15) is 26.3 Å². The Labute approximate surface area is 173 Å². The van der Waals surface area contributed by atoms with Crippen molar-refractivity contribution in [2.75, 3.05) is 13.1 Å². The van der Waals surface area contributed by atoms with Gasteiger partial charge in [-0.15, -0.1) is 0 Å². The van der Waals surface area contributed by atoms with Gasteiger partial charge in [0.2, 0.25) is 0 Å². The standard InChI is InChI=1S/C18H19F6N5O2/c19-17(20,21)12-7-11(8-13(9-12)18(22,23)24)16-25-10-29(27-16)6-3-15(31)26-28-4-1-14(30)2-5-28/h3,6-10,14,16,27,30H,1-2,4-5H2,(H,26,31)/b6-3-. The molecule has 170 valence electrons. The van der Waals surface area contributed by atoms with Crippen molar-refractivity contribution in [2.45, 2.75) is 37.5 Å². The fourth-order valence-corrected chi connectivity index (χ4v) is 3.04. The van der Waals surface area contributed by atoms with Crippen LogP contribution in [0, 0.1) is 0 Å². The maximum atomic E-state index is 13.0. The Balaban J connectivity index is 1.64. The Morgan fingerprint density at radius 3 is 2.23 bits per heavy atom. The first-order valence-electron chi connectivity index (χ1n) is 9.21. The Morgan fingerprint density at radius 2 is 1.68 bits per heavy atom. The molecule has 2 aliphatic rings. The number of hydrogen-bond acceptors (Lipinski definition) is 6. The Kier molecular flexibility index (Phi) is 6.57. The van der Waals surface area contributed by atoms with Crippen LogP contribution >= 0.6 is 0 Å². The lowest BCUT2D eigenvalue weighted by Crippen LogP contribution is -2.47. The first-order chi connectivity index (χ1) is 14.4. The lowest BCUT2D eigenvalue weighted by Gasteiger charge is -2.29.